The number of pyridine rings is 1. The fraction of sp³-hybridized carbons (Fsp3) is 0.357. The molecule has 0 bridgehead atoms. The summed E-state index contributed by atoms with van der Waals surface area (Å²) in [6.07, 6.45) is 0.423. The standard InChI is InChI=1S/C28H31N3O5S/c1-28(2,3)37(34)31-16-20-14-21(27(33)29-15-18-9-10-23-24(13-18)36-17-35-23)30-26(19-7-5-4-6-8-19)25(20)22(31)11-12-32/h4-10,13-14,22,32H,11-12,15-17H2,1-3H3,(H,29,33)/t22-,37-/m1/s1. The number of ether oxygens (including phenoxy) is 2. The fourth-order valence-corrected chi connectivity index (χ4v) is 6.13. The highest BCUT2D eigenvalue weighted by Gasteiger charge is 2.40. The second kappa shape index (κ2) is 10.2. The first-order chi connectivity index (χ1) is 17.8. The van der Waals surface area contributed by atoms with Gasteiger partial charge in [0.05, 0.1) is 16.5 Å². The molecule has 5 rings (SSSR count). The lowest BCUT2D eigenvalue weighted by atomic mass is 9.96. The fourth-order valence-electron chi connectivity index (χ4n) is 4.73. The summed E-state index contributed by atoms with van der Waals surface area (Å²) in [6, 6.07) is 16.8. The molecule has 0 fully saturated rings. The topological polar surface area (TPSA) is 101 Å². The SMILES string of the molecule is CC(C)(C)[S@@](=O)N1Cc2cc(C(=O)NCc3ccc4c(c3)OCO4)nc(-c3ccccc3)c2[C@H]1CCO. The molecule has 2 atom stereocenters. The van der Waals surface area contributed by atoms with Gasteiger partial charge < -0.3 is 19.9 Å². The van der Waals surface area contributed by atoms with Crippen molar-refractivity contribution in [2.24, 2.45) is 0 Å². The maximum atomic E-state index is 13.5. The molecule has 0 aliphatic carbocycles. The number of aromatic nitrogens is 1. The predicted molar refractivity (Wildman–Crippen MR) is 141 cm³/mol. The average molecular weight is 522 g/mol. The Kier molecular flexibility index (Phi) is 7.02. The third kappa shape index (κ3) is 5.12. The van der Waals surface area contributed by atoms with E-state index in [0.717, 1.165) is 22.3 Å². The Bertz CT molecular complexity index is 1340. The van der Waals surface area contributed by atoms with Gasteiger partial charge in [0.25, 0.3) is 5.91 Å². The van der Waals surface area contributed by atoms with Crippen LogP contribution in [0, 0.1) is 0 Å². The number of aliphatic hydroxyl groups excluding tert-OH is 1. The number of nitrogens with zero attached hydrogens (tertiary/aromatic N) is 2. The zero-order valence-electron chi connectivity index (χ0n) is 21.2. The van der Waals surface area contributed by atoms with Crippen molar-refractivity contribution in [3.8, 4) is 22.8 Å². The zero-order chi connectivity index (χ0) is 26.2. The quantitative estimate of drug-likeness (QED) is 0.485. The van der Waals surface area contributed by atoms with Crippen LogP contribution >= 0.6 is 0 Å². The van der Waals surface area contributed by atoms with Crippen molar-refractivity contribution < 1.29 is 23.6 Å². The minimum Gasteiger partial charge on any atom is -0.454 e. The first kappa shape index (κ1) is 25.4. The molecule has 1 aromatic heterocycles. The summed E-state index contributed by atoms with van der Waals surface area (Å²) in [5.74, 6) is 1.06. The van der Waals surface area contributed by atoms with Crippen LogP contribution in [0.15, 0.2) is 54.6 Å². The van der Waals surface area contributed by atoms with Crippen LogP contribution in [-0.2, 0) is 24.1 Å². The van der Waals surface area contributed by atoms with Crippen LogP contribution in [0.5, 0.6) is 11.5 Å². The summed E-state index contributed by atoms with van der Waals surface area (Å²) < 4.78 is 25.7. The van der Waals surface area contributed by atoms with Crippen LogP contribution < -0.4 is 14.8 Å². The number of hydrogen-bond acceptors (Lipinski definition) is 6. The lowest BCUT2D eigenvalue weighted by molar-refractivity contribution is 0.0946. The first-order valence-electron chi connectivity index (χ1n) is 12.3. The smallest absolute Gasteiger partial charge is 0.270 e. The molecule has 2 aliphatic rings. The number of carbonyl (C=O) groups excluding carboxylic acids is 1. The van der Waals surface area contributed by atoms with Gasteiger partial charge in [-0.3, -0.25) is 4.79 Å². The number of nitrogens with one attached hydrogen (secondary N) is 1. The van der Waals surface area contributed by atoms with Crippen LogP contribution in [0.25, 0.3) is 11.3 Å². The second-order valence-corrected chi connectivity index (χ2v) is 12.3. The van der Waals surface area contributed by atoms with Gasteiger partial charge in [-0.1, -0.05) is 36.4 Å². The maximum Gasteiger partial charge on any atom is 0.270 e. The first-order valence-corrected chi connectivity index (χ1v) is 13.4. The Hall–Kier alpha value is -3.27. The molecule has 37 heavy (non-hydrogen) atoms. The molecule has 0 saturated carbocycles. The minimum atomic E-state index is -1.31. The van der Waals surface area contributed by atoms with Gasteiger partial charge in [-0.05, 0) is 56.5 Å². The second-order valence-electron chi connectivity index (χ2n) is 10.1. The number of benzene rings is 2. The van der Waals surface area contributed by atoms with E-state index < -0.39 is 15.7 Å². The van der Waals surface area contributed by atoms with Gasteiger partial charge in [0, 0.05) is 30.8 Å². The van der Waals surface area contributed by atoms with E-state index in [1.165, 1.54) is 0 Å². The van der Waals surface area contributed by atoms with E-state index in [2.05, 4.69) is 5.32 Å². The molecule has 194 valence electrons. The summed E-state index contributed by atoms with van der Waals surface area (Å²) >= 11 is 0. The van der Waals surface area contributed by atoms with Crippen molar-refractivity contribution in [1.82, 2.24) is 14.6 Å². The van der Waals surface area contributed by atoms with Gasteiger partial charge in [0.15, 0.2) is 11.5 Å². The van der Waals surface area contributed by atoms with E-state index in [9.17, 15) is 14.1 Å². The highest BCUT2D eigenvalue weighted by molar-refractivity contribution is 7.84. The summed E-state index contributed by atoms with van der Waals surface area (Å²) in [7, 11) is -1.31. The average Bonchev–Trinajstić information content (AvgIpc) is 3.50. The van der Waals surface area contributed by atoms with Crippen molar-refractivity contribution in [3.63, 3.8) is 0 Å². The number of fused-ring (bicyclic) bond motifs is 2. The Labute approximate surface area is 219 Å². The molecule has 8 nitrogen and oxygen atoms in total. The van der Waals surface area contributed by atoms with Crippen LogP contribution in [0.2, 0.25) is 0 Å². The molecule has 0 spiro atoms. The molecule has 9 heteroatoms. The molecule has 2 aromatic carbocycles. The Morgan fingerprint density at radius 3 is 2.62 bits per heavy atom. The van der Waals surface area contributed by atoms with Crippen molar-refractivity contribution >= 4 is 16.9 Å². The van der Waals surface area contributed by atoms with Crippen molar-refractivity contribution in [2.75, 3.05) is 13.4 Å². The summed E-state index contributed by atoms with van der Waals surface area (Å²) in [6.45, 7) is 6.68. The highest BCUT2D eigenvalue weighted by atomic mass is 32.2. The largest absolute Gasteiger partial charge is 0.454 e. The van der Waals surface area contributed by atoms with E-state index >= 15 is 0 Å². The van der Waals surface area contributed by atoms with E-state index in [0.29, 0.717) is 42.4 Å². The molecular weight excluding hydrogens is 490 g/mol. The summed E-state index contributed by atoms with van der Waals surface area (Å²) in [5.41, 5.74) is 4.55. The third-order valence-electron chi connectivity index (χ3n) is 6.46. The van der Waals surface area contributed by atoms with Crippen molar-refractivity contribution in [1.29, 1.82) is 0 Å². The van der Waals surface area contributed by atoms with E-state index in [-0.39, 0.29) is 25.3 Å². The number of amides is 1. The summed E-state index contributed by atoms with van der Waals surface area (Å²) in [5, 5.41) is 12.8. The molecule has 2 N–H and O–H groups in total. The van der Waals surface area contributed by atoms with Gasteiger partial charge in [-0.2, -0.15) is 0 Å². The van der Waals surface area contributed by atoms with Gasteiger partial charge in [0.2, 0.25) is 6.79 Å². The number of hydrogen-bond donors (Lipinski definition) is 2. The Morgan fingerprint density at radius 2 is 1.89 bits per heavy atom. The number of rotatable bonds is 7. The monoisotopic (exact) mass is 521 g/mol. The van der Waals surface area contributed by atoms with Crippen LogP contribution in [0.1, 0.15) is 60.4 Å². The van der Waals surface area contributed by atoms with Crippen molar-refractivity contribution in [3.05, 3.63) is 77.0 Å². The van der Waals surface area contributed by atoms with Crippen molar-refractivity contribution in [2.45, 2.75) is 51.1 Å². The highest BCUT2D eigenvalue weighted by Crippen LogP contribution is 2.43. The lowest BCUT2D eigenvalue weighted by Gasteiger charge is -2.30. The van der Waals surface area contributed by atoms with E-state index in [1.807, 2.05) is 73.6 Å². The van der Waals surface area contributed by atoms with Gasteiger partial charge >= 0.3 is 0 Å². The van der Waals surface area contributed by atoms with Gasteiger partial charge in [0.1, 0.15) is 16.7 Å². The maximum absolute atomic E-state index is 13.5. The molecule has 1 amide bonds. The third-order valence-corrected chi connectivity index (χ3v) is 8.32. The van der Waals surface area contributed by atoms with E-state index in [1.54, 1.807) is 6.07 Å². The normalized spacial score (nSPS) is 17.5. The molecule has 3 aromatic rings. The molecule has 0 saturated heterocycles. The minimum absolute atomic E-state index is 0.0477. The Morgan fingerprint density at radius 1 is 1.14 bits per heavy atom. The zero-order valence-corrected chi connectivity index (χ0v) is 22.0. The molecule has 0 unspecified atom stereocenters. The Balaban J connectivity index is 1.49. The molecule has 2 aliphatic heterocycles. The van der Waals surface area contributed by atoms with Crippen LogP contribution in [0.4, 0.5) is 0 Å². The summed E-state index contributed by atoms with van der Waals surface area (Å²) in [4.78, 5) is 18.1. The number of aliphatic hydroxyl groups is 1. The molecular formula is C28H31N3O5S. The van der Waals surface area contributed by atoms with Gasteiger partial charge in [-0.15, -0.1) is 0 Å². The molecule has 0 radical (unpaired) electrons. The lowest BCUT2D eigenvalue weighted by Crippen LogP contribution is -2.36. The predicted octanol–water partition coefficient (Wildman–Crippen LogP) is 4.11. The van der Waals surface area contributed by atoms with Crippen LogP contribution in [-0.4, -0.2) is 42.7 Å². The van der Waals surface area contributed by atoms with Gasteiger partial charge in [-0.25, -0.2) is 13.5 Å². The molecule has 3 heterocycles. The van der Waals surface area contributed by atoms with Crippen LogP contribution in [0.3, 0.4) is 0 Å². The number of carbonyl (C=O) groups is 1. The van der Waals surface area contributed by atoms with E-state index in [4.69, 9.17) is 14.5 Å².